The third-order valence-electron chi connectivity index (χ3n) is 1.92. The summed E-state index contributed by atoms with van der Waals surface area (Å²) in [6.07, 6.45) is 1.30. The Hall–Kier alpha value is -1.15. The molecule has 2 heteroatoms. The summed E-state index contributed by atoms with van der Waals surface area (Å²) in [4.78, 5) is 11.5. The Morgan fingerprint density at radius 3 is 2.54 bits per heavy atom. The summed E-state index contributed by atoms with van der Waals surface area (Å²) in [6.45, 7) is 1.91. The third-order valence-corrected chi connectivity index (χ3v) is 1.92. The molecule has 13 heavy (non-hydrogen) atoms. The molecule has 2 nitrogen and oxygen atoms in total. The Labute approximate surface area is 78.8 Å². The molecule has 2 N–H and O–H groups in total. The number of Topliss-reactive ketones (excluding diaryl/α,β-unsaturated/α-hetero) is 1. The second kappa shape index (κ2) is 4.77. The van der Waals surface area contributed by atoms with Gasteiger partial charge in [-0.1, -0.05) is 30.3 Å². The first kappa shape index (κ1) is 9.93. The summed E-state index contributed by atoms with van der Waals surface area (Å²) in [5, 5.41) is 0. The maximum Gasteiger partial charge on any atom is 0.162 e. The second-order valence-corrected chi connectivity index (χ2v) is 3.31. The van der Waals surface area contributed by atoms with Gasteiger partial charge in [0.15, 0.2) is 5.78 Å². The fraction of sp³-hybridized carbons (Fsp3) is 0.364. The Kier molecular flexibility index (Phi) is 3.65. The summed E-state index contributed by atoms with van der Waals surface area (Å²) in [5.41, 5.74) is 6.35. The quantitative estimate of drug-likeness (QED) is 0.715. The standard InChI is InChI=1S/C11H15NO/c1-9(12)7-8-11(13)10-5-3-2-4-6-10/h2-6,9H,7-8,12H2,1H3. The highest BCUT2D eigenvalue weighted by molar-refractivity contribution is 5.95. The number of hydrogen-bond donors (Lipinski definition) is 1. The summed E-state index contributed by atoms with van der Waals surface area (Å²) in [5.74, 6) is 0.179. The van der Waals surface area contributed by atoms with Crippen LogP contribution in [0.5, 0.6) is 0 Å². The molecule has 1 rings (SSSR count). The first-order valence-corrected chi connectivity index (χ1v) is 4.54. The summed E-state index contributed by atoms with van der Waals surface area (Å²) in [7, 11) is 0. The van der Waals surface area contributed by atoms with Gasteiger partial charge in [-0.2, -0.15) is 0 Å². The summed E-state index contributed by atoms with van der Waals surface area (Å²) < 4.78 is 0. The lowest BCUT2D eigenvalue weighted by Crippen LogP contribution is -2.16. The maximum absolute atomic E-state index is 11.5. The van der Waals surface area contributed by atoms with Gasteiger partial charge in [0, 0.05) is 18.0 Å². The molecule has 1 unspecified atom stereocenters. The van der Waals surface area contributed by atoms with Gasteiger partial charge < -0.3 is 5.73 Å². The van der Waals surface area contributed by atoms with E-state index in [0.29, 0.717) is 6.42 Å². The SMILES string of the molecule is CC(N)CCC(=O)c1ccccc1. The average Bonchev–Trinajstić information content (AvgIpc) is 2.15. The molecule has 1 aromatic carbocycles. The van der Waals surface area contributed by atoms with Gasteiger partial charge in [-0.15, -0.1) is 0 Å². The molecule has 0 radical (unpaired) electrons. The summed E-state index contributed by atoms with van der Waals surface area (Å²) >= 11 is 0. The highest BCUT2D eigenvalue weighted by atomic mass is 16.1. The Morgan fingerprint density at radius 1 is 1.38 bits per heavy atom. The van der Waals surface area contributed by atoms with Crippen molar-refractivity contribution in [3.05, 3.63) is 35.9 Å². The van der Waals surface area contributed by atoms with Crippen LogP contribution in [0.4, 0.5) is 0 Å². The molecule has 0 fully saturated rings. The van der Waals surface area contributed by atoms with E-state index in [-0.39, 0.29) is 11.8 Å². The molecule has 0 spiro atoms. The van der Waals surface area contributed by atoms with Crippen molar-refractivity contribution in [1.29, 1.82) is 0 Å². The van der Waals surface area contributed by atoms with Gasteiger partial charge in [0.2, 0.25) is 0 Å². The number of rotatable bonds is 4. The molecule has 70 valence electrons. The predicted octanol–water partition coefficient (Wildman–Crippen LogP) is 2.00. The van der Waals surface area contributed by atoms with Crippen molar-refractivity contribution in [2.45, 2.75) is 25.8 Å². The molecule has 0 bridgehead atoms. The van der Waals surface area contributed by atoms with Crippen molar-refractivity contribution in [2.75, 3.05) is 0 Å². The number of benzene rings is 1. The predicted molar refractivity (Wildman–Crippen MR) is 53.7 cm³/mol. The van der Waals surface area contributed by atoms with Crippen LogP contribution in [0.3, 0.4) is 0 Å². The van der Waals surface area contributed by atoms with Gasteiger partial charge in [-0.05, 0) is 13.3 Å². The van der Waals surface area contributed by atoms with E-state index in [1.807, 2.05) is 37.3 Å². The number of hydrogen-bond acceptors (Lipinski definition) is 2. The maximum atomic E-state index is 11.5. The van der Waals surface area contributed by atoms with Crippen molar-refractivity contribution in [3.8, 4) is 0 Å². The Morgan fingerprint density at radius 2 is 2.00 bits per heavy atom. The van der Waals surface area contributed by atoms with Crippen LogP contribution < -0.4 is 5.73 Å². The molecular formula is C11H15NO. The largest absolute Gasteiger partial charge is 0.328 e. The fourth-order valence-corrected chi connectivity index (χ4v) is 1.13. The van der Waals surface area contributed by atoms with E-state index < -0.39 is 0 Å². The average molecular weight is 177 g/mol. The molecule has 0 aliphatic carbocycles. The molecule has 0 aliphatic rings. The van der Waals surface area contributed by atoms with Gasteiger partial charge in [0.25, 0.3) is 0 Å². The molecule has 0 saturated carbocycles. The van der Waals surface area contributed by atoms with E-state index in [2.05, 4.69) is 0 Å². The molecular weight excluding hydrogens is 162 g/mol. The van der Waals surface area contributed by atoms with E-state index in [1.165, 1.54) is 0 Å². The highest BCUT2D eigenvalue weighted by Crippen LogP contribution is 2.05. The van der Waals surface area contributed by atoms with Crippen molar-refractivity contribution in [3.63, 3.8) is 0 Å². The van der Waals surface area contributed by atoms with E-state index in [0.717, 1.165) is 12.0 Å². The Balaban J connectivity index is 2.50. The molecule has 0 saturated heterocycles. The first-order valence-electron chi connectivity index (χ1n) is 4.54. The number of carbonyl (C=O) groups is 1. The first-order chi connectivity index (χ1) is 6.20. The van der Waals surface area contributed by atoms with Gasteiger partial charge in [0.05, 0.1) is 0 Å². The monoisotopic (exact) mass is 177 g/mol. The summed E-state index contributed by atoms with van der Waals surface area (Å²) in [6, 6.07) is 9.43. The van der Waals surface area contributed by atoms with E-state index >= 15 is 0 Å². The topological polar surface area (TPSA) is 43.1 Å². The van der Waals surface area contributed by atoms with Crippen LogP contribution in [0, 0.1) is 0 Å². The molecule has 0 aromatic heterocycles. The second-order valence-electron chi connectivity index (χ2n) is 3.31. The van der Waals surface area contributed by atoms with Crippen LogP contribution in [0.1, 0.15) is 30.1 Å². The number of nitrogens with two attached hydrogens (primary N) is 1. The van der Waals surface area contributed by atoms with Crippen molar-refractivity contribution >= 4 is 5.78 Å². The number of ketones is 1. The van der Waals surface area contributed by atoms with Crippen LogP contribution in [-0.4, -0.2) is 11.8 Å². The minimum atomic E-state index is 0.104. The van der Waals surface area contributed by atoms with Crippen molar-refractivity contribution in [2.24, 2.45) is 5.73 Å². The Bertz CT molecular complexity index is 267. The molecule has 0 amide bonds. The van der Waals surface area contributed by atoms with Crippen LogP contribution in [0.15, 0.2) is 30.3 Å². The van der Waals surface area contributed by atoms with Gasteiger partial charge in [-0.3, -0.25) is 4.79 Å². The molecule has 1 aromatic rings. The third kappa shape index (κ3) is 3.38. The van der Waals surface area contributed by atoms with Crippen molar-refractivity contribution < 1.29 is 4.79 Å². The minimum absolute atomic E-state index is 0.104. The zero-order chi connectivity index (χ0) is 9.68. The lowest BCUT2D eigenvalue weighted by molar-refractivity contribution is 0.0978. The van der Waals surface area contributed by atoms with Crippen LogP contribution >= 0.6 is 0 Å². The normalized spacial score (nSPS) is 12.5. The van der Waals surface area contributed by atoms with Crippen LogP contribution in [0.25, 0.3) is 0 Å². The van der Waals surface area contributed by atoms with Crippen molar-refractivity contribution in [1.82, 2.24) is 0 Å². The zero-order valence-electron chi connectivity index (χ0n) is 7.86. The van der Waals surface area contributed by atoms with Gasteiger partial charge >= 0.3 is 0 Å². The fourth-order valence-electron chi connectivity index (χ4n) is 1.13. The smallest absolute Gasteiger partial charge is 0.162 e. The highest BCUT2D eigenvalue weighted by Gasteiger charge is 2.05. The molecule has 0 aliphatic heterocycles. The van der Waals surface area contributed by atoms with Crippen LogP contribution in [-0.2, 0) is 0 Å². The number of carbonyl (C=O) groups excluding carboxylic acids is 1. The minimum Gasteiger partial charge on any atom is -0.328 e. The van der Waals surface area contributed by atoms with Crippen LogP contribution in [0.2, 0.25) is 0 Å². The van der Waals surface area contributed by atoms with E-state index in [9.17, 15) is 4.79 Å². The van der Waals surface area contributed by atoms with E-state index in [4.69, 9.17) is 5.73 Å². The zero-order valence-corrected chi connectivity index (χ0v) is 7.86. The lowest BCUT2D eigenvalue weighted by atomic mass is 10.0. The molecule has 0 heterocycles. The van der Waals surface area contributed by atoms with Gasteiger partial charge in [-0.25, -0.2) is 0 Å². The lowest BCUT2D eigenvalue weighted by Gasteiger charge is -2.03. The van der Waals surface area contributed by atoms with E-state index in [1.54, 1.807) is 0 Å². The molecule has 1 atom stereocenters. The van der Waals surface area contributed by atoms with Gasteiger partial charge in [0.1, 0.15) is 0 Å².